The van der Waals surface area contributed by atoms with Crippen molar-refractivity contribution in [2.75, 3.05) is 5.32 Å². The summed E-state index contributed by atoms with van der Waals surface area (Å²) in [5.74, 6) is -3.04. The lowest BCUT2D eigenvalue weighted by atomic mass is 10.1. The van der Waals surface area contributed by atoms with Crippen molar-refractivity contribution in [3.8, 4) is 17.2 Å². The molecule has 0 bridgehead atoms. The fraction of sp³-hybridized carbons (Fsp3) is 0. The van der Waals surface area contributed by atoms with Crippen LogP contribution in [0.5, 0.6) is 17.2 Å². The molecule has 0 atom stereocenters. The molecule has 0 aliphatic carbocycles. The van der Waals surface area contributed by atoms with E-state index < -0.39 is 23.4 Å². The first kappa shape index (κ1) is 14.2. The number of anilines is 1. The maximum atomic E-state index is 11.9. The minimum absolute atomic E-state index is 0.0744. The maximum Gasteiger partial charge on any atom is 0.339 e. The smallest absolute Gasteiger partial charge is 0.339 e. The van der Waals surface area contributed by atoms with Crippen molar-refractivity contribution in [2.24, 2.45) is 0 Å². The summed E-state index contributed by atoms with van der Waals surface area (Å²) in [6, 6.07) is 7.01. The largest absolute Gasteiger partial charge is 0.508 e. The van der Waals surface area contributed by atoms with Gasteiger partial charge in [-0.25, -0.2) is 4.79 Å². The molecule has 0 radical (unpaired) electrons. The molecule has 2 aromatic rings. The highest BCUT2D eigenvalue weighted by atomic mass is 16.4. The SMILES string of the molecule is O=C(O)c1ccc(NC(=O)c2ccc(O)cc2O)cc1O. The minimum Gasteiger partial charge on any atom is -0.508 e. The second-order valence-corrected chi connectivity index (χ2v) is 4.19. The molecule has 0 fully saturated rings. The number of rotatable bonds is 3. The number of aromatic hydroxyl groups is 3. The maximum absolute atomic E-state index is 11.9. The topological polar surface area (TPSA) is 127 Å². The summed E-state index contributed by atoms with van der Waals surface area (Å²) in [5.41, 5.74) is -0.204. The highest BCUT2D eigenvalue weighted by Crippen LogP contribution is 2.25. The molecule has 0 unspecified atom stereocenters. The molecule has 5 N–H and O–H groups in total. The highest BCUT2D eigenvalue weighted by Gasteiger charge is 2.14. The van der Waals surface area contributed by atoms with Crippen molar-refractivity contribution in [1.29, 1.82) is 0 Å². The third-order valence-electron chi connectivity index (χ3n) is 2.71. The van der Waals surface area contributed by atoms with Crippen molar-refractivity contribution in [1.82, 2.24) is 0 Å². The molecule has 0 saturated heterocycles. The number of carbonyl (C=O) groups excluding carboxylic acids is 1. The van der Waals surface area contributed by atoms with Crippen LogP contribution in [0.15, 0.2) is 36.4 Å². The Balaban J connectivity index is 2.23. The zero-order valence-corrected chi connectivity index (χ0v) is 10.6. The quantitative estimate of drug-likeness (QED) is 0.586. The van der Waals surface area contributed by atoms with Crippen LogP contribution >= 0.6 is 0 Å². The van der Waals surface area contributed by atoms with E-state index in [2.05, 4.69) is 5.32 Å². The number of hydrogen-bond donors (Lipinski definition) is 5. The lowest BCUT2D eigenvalue weighted by molar-refractivity contribution is 0.0693. The summed E-state index contributed by atoms with van der Waals surface area (Å²) >= 11 is 0. The first-order chi connectivity index (χ1) is 9.88. The standard InChI is InChI=1S/C14H11NO6/c16-8-2-4-9(12(18)6-8)13(19)15-7-1-3-10(14(20)21)11(17)5-7/h1-6,16-18H,(H,15,19)(H,20,21). The summed E-state index contributed by atoms with van der Waals surface area (Å²) in [7, 11) is 0. The minimum atomic E-state index is -1.29. The van der Waals surface area contributed by atoms with E-state index in [0.29, 0.717) is 0 Å². The Morgan fingerprint density at radius 1 is 0.857 bits per heavy atom. The van der Waals surface area contributed by atoms with Crippen molar-refractivity contribution in [3.05, 3.63) is 47.5 Å². The van der Waals surface area contributed by atoms with Crippen LogP contribution in [0.3, 0.4) is 0 Å². The third-order valence-corrected chi connectivity index (χ3v) is 2.71. The summed E-state index contributed by atoms with van der Waals surface area (Å²) in [5, 5.41) is 39.4. The molecule has 1 amide bonds. The van der Waals surface area contributed by atoms with Crippen molar-refractivity contribution < 1.29 is 30.0 Å². The molecule has 0 spiro atoms. The molecule has 0 heterocycles. The Morgan fingerprint density at radius 2 is 1.48 bits per heavy atom. The third kappa shape index (κ3) is 3.03. The first-order valence-electron chi connectivity index (χ1n) is 5.78. The van der Waals surface area contributed by atoms with Gasteiger partial charge in [-0.1, -0.05) is 0 Å². The molecule has 2 aromatic carbocycles. The van der Waals surface area contributed by atoms with Crippen LogP contribution in [0.25, 0.3) is 0 Å². The van der Waals surface area contributed by atoms with Gasteiger partial charge >= 0.3 is 5.97 Å². The highest BCUT2D eigenvalue weighted by molar-refractivity contribution is 6.06. The van der Waals surface area contributed by atoms with E-state index in [-0.39, 0.29) is 22.6 Å². The number of aromatic carboxylic acids is 1. The van der Waals surface area contributed by atoms with Gasteiger partial charge in [-0.15, -0.1) is 0 Å². The zero-order chi connectivity index (χ0) is 15.6. The number of amides is 1. The number of phenolic OH excluding ortho intramolecular Hbond substituents is 2. The van der Waals surface area contributed by atoms with Gasteiger partial charge in [0.05, 0.1) is 5.56 Å². The normalized spacial score (nSPS) is 10.1. The number of carboxylic acid groups (broad SMARTS) is 1. The van der Waals surface area contributed by atoms with Gasteiger partial charge in [0.25, 0.3) is 5.91 Å². The van der Waals surface area contributed by atoms with E-state index >= 15 is 0 Å². The first-order valence-corrected chi connectivity index (χ1v) is 5.78. The predicted octanol–water partition coefficient (Wildman–Crippen LogP) is 1.75. The fourth-order valence-corrected chi connectivity index (χ4v) is 1.70. The van der Waals surface area contributed by atoms with Crippen molar-refractivity contribution in [3.63, 3.8) is 0 Å². The predicted molar refractivity (Wildman–Crippen MR) is 72.8 cm³/mol. The summed E-state index contributed by atoms with van der Waals surface area (Å²) in [6.45, 7) is 0. The van der Waals surface area contributed by atoms with Crippen molar-refractivity contribution >= 4 is 17.6 Å². The van der Waals surface area contributed by atoms with E-state index in [1.54, 1.807) is 0 Å². The van der Waals surface area contributed by atoms with Crippen LogP contribution in [0.1, 0.15) is 20.7 Å². The Hall–Kier alpha value is -3.22. The monoisotopic (exact) mass is 289 g/mol. The van der Waals surface area contributed by atoms with E-state index in [1.165, 1.54) is 18.2 Å². The Bertz CT molecular complexity index is 725. The number of nitrogens with one attached hydrogen (secondary N) is 1. The van der Waals surface area contributed by atoms with Gasteiger partial charge in [0.1, 0.15) is 22.8 Å². The molecule has 2 rings (SSSR count). The molecule has 7 nitrogen and oxygen atoms in total. The van der Waals surface area contributed by atoms with E-state index in [0.717, 1.165) is 18.2 Å². The molecule has 0 aromatic heterocycles. The van der Waals surface area contributed by atoms with Crippen LogP contribution in [0.4, 0.5) is 5.69 Å². The van der Waals surface area contributed by atoms with Gasteiger partial charge in [0, 0.05) is 17.8 Å². The van der Waals surface area contributed by atoms with Crippen LogP contribution in [0.2, 0.25) is 0 Å². The molecular weight excluding hydrogens is 278 g/mol. The van der Waals surface area contributed by atoms with Crippen LogP contribution in [-0.4, -0.2) is 32.3 Å². The van der Waals surface area contributed by atoms with Gasteiger partial charge in [0.15, 0.2) is 0 Å². The number of benzene rings is 2. The lowest BCUT2D eigenvalue weighted by Crippen LogP contribution is -2.12. The average Bonchev–Trinajstić information content (AvgIpc) is 2.37. The van der Waals surface area contributed by atoms with Crippen LogP contribution in [0, 0.1) is 0 Å². The number of phenols is 3. The summed E-state index contributed by atoms with van der Waals surface area (Å²) in [4.78, 5) is 22.7. The molecule has 0 aliphatic heterocycles. The Morgan fingerprint density at radius 3 is 2.05 bits per heavy atom. The van der Waals surface area contributed by atoms with Crippen molar-refractivity contribution in [2.45, 2.75) is 0 Å². The molecule has 7 heteroatoms. The van der Waals surface area contributed by atoms with Gasteiger partial charge in [-0.2, -0.15) is 0 Å². The molecule has 21 heavy (non-hydrogen) atoms. The van der Waals surface area contributed by atoms with E-state index in [4.69, 9.17) is 10.2 Å². The van der Waals surface area contributed by atoms with Gasteiger partial charge in [-0.3, -0.25) is 4.79 Å². The van der Waals surface area contributed by atoms with Gasteiger partial charge in [0.2, 0.25) is 0 Å². The summed E-state index contributed by atoms with van der Waals surface area (Å²) in [6.07, 6.45) is 0. The number of carboxylic acids is 1. The zero-order valence-electron chi connectivity index (χ0n) is 10.6. The van der Waals surface area contributed by atoms with Gasteiger partial charge in [-0.05, 0) is 24.3 Å². The lowest BCUT2D eigenvalue weighted by Gasteiger charge is -2.08. The Labute approximate surface area is 118 Å². The number of carbonyl (C=O) groups is 2. The van der Waals surface area contributed by atoms with E-state index in [9.17, 15) is 19.8 Å². The van der Waals surface area contributed by atoms with Crippen LogP contribution in [-0.2, 0) is 0 Å². The Kier molecular flexibility index (Phi) is 3.66. The number of hydrogen-bond acceptors (Lipinski definition) is 5. The second-order valence-electron chi connectivity index (χ2n) is 4.19. The molecule has 0 aliphatic rings. The van der Waals surface area contributed by atoms with E-state index in [1.807, 2.05) is 0 Å². The summed E-state index contributed by atoms with van der Waals surface area (Å²) < 4.78 is 0. The molecular formula is C14H11NO6. The second kappa shape index (κ2) is 5.41. The van der Waals surface area contributed by atoms with Gasteiger partial charge < -0.3 is 25.7 Å². The molecule has 108 valence electrons. The molecule has 0 saturated carbocycles. The average molecular weight is 289 g/mol. The fourth-order valence-electron chi connectivity index (χ4n) is 1.70. The van der Waals surface area contributed by atoms with Crippen LogP contribution < -0.4 is 5.32 Å².